The predicted octanol–water partition coefficient (Wildman–Crippen LogP) is 3.07. The van der Waals surface area contributed by atoms with Gasteiger partial charge in [0, 0.05) is 19.8 Å². The number of carbonyl (C=O) groups is 2. The van der Waals surface area contributed by atoms with Crippen LogP contribution in [-0.2, 0) is 29.8 Å². The second-order valence-electron chi connectivity index (χ2n) is 7.74. The first-order valence-corrected chi connectivity index (χ1v) is 11.3. The number of carbonyl (C=O) groups excluding carboxylic acids is 2. The van der Waals surface area contributed by atoms with E-state index in [9.17, 15) is 22.4 Å². The van der Waals surface area contributed by atoms with E-state index in [4.69, 9.17) is 4.74 Å². The van der Waals surface area contributed by atoms with Gasteiger partial charge < -0.3 is 10.1 Å². The van der Waals surface area contributed by atoms with Crippen LogP contribution in [0.4, 0.5) is 10.1 Å². The third kappa shape index (κ3) is 4.94. The Morgan fingerprint density at radius 1 is 1.10 bits per heavy atom. The summed E-state index contributed by atoms with van der Waals surface area (Å²) in [6, 6.07) is 11.6. The van der Waals surface area contributed by atoms with Gasteiger partial charge in [0.15, 0.2) is 6.61 Å². The Kier molecular flexibility index (Phi) is 6.76. The van der Waals surface area contributed by atoms with Crippen LogP contribution in [0.1, 0.15) is 31.2 Å². The Morgan fingerprint density at radius 2 is 1.74 bits per heavy atom. The molecule has 0 bridgehead atoms. The monoisotopic (exact) mass is 448 g/mol. The van der Waals surface area contributed by atoms with Gasteiger partial charge in [-0.1, -0.05) is 31.0 Å². The van der Waals surface area contributed by atoms with Crippen molar-refractivity contribution >= 4 is 27.6 Å². The largest absolute Gasteiger partial charge is 0.455 e. The number of halogens is 1. The number of amides is 1. The molecule has 0 aliphatic heterocycles. The zero-order valence-corrected chi connectivity index (χ0v) is 18.2. The molecule has 0 radical (unpaired) electrons. The molecular weight excluding hydrogens is 423 g/mol. The van der Waals surface area contributed by atoms with Gasteiger partial charge in [0.05, 0.1) is 10.3 Å². The molecule has 1 aliphatic rings. The molecule has 0 spiro atoms. The number of anilines is 1. The summed E-state index contributed by atoms with van der Waals surface area (Å²) in [4.78, 5) is 25.2. The van der Waals surface area contributed by atoms with Crippen LogP contribution in [0.5, 0.6) is 0 Å². The maximum Gasteiger partial charge on any atom is 0.317 e. The third-order valence-corrected chi connectivity index (χ3v) is 7.29. The second kappa shape index (κ2) is 9.15. The average molecular weight is 449 g/mol. The summed E-state index contributed by atoms with van der Waals surface area (Å²) in [7, 11) is -0.810. The van der Waals surface area contributed by atoms with Gasteiger partial charge in [-0.2, -0.15) is 0 Å². The summed E-state index contributed by atoms with van der Waals surface area (Å²) in [5, 5.41) is 2.55. The van der Waals surface area contributed by atoms with E-state index < -0.39 is 33.9 Å². The molecule has 9 heteroatoms. The quantitative estimate of drug-likeness (QED) is 0.657. The average Bonchev–Trinajstić information content (AvgIpc) is 3.24. The number of hydrogen-bond acceptors (Lipinski definition) is 5. The van der Waals surface area contributed by atoms with Crippen molar-refractivity contribution in [2.24, 2.45) is 0 Å². The lowest BCUT2D eigenvalue weighted by molar-refractivity contribution is -0.153. The Bertz CT molecular complexity index is 1060. The van der Waals surface area contributed by atoms with Crippen molar-refractivity contribution < 1.29 is 27.1 Å². The summed E-state index contributed by atoms with van der Waals surface area (Å²) in [6.07, 6.45) is 2.82. The first kappa shape index (κ1) is 22.9. The molecule has 2 aromatic rings. The number of hydrogen-bond donors (Lipinski definition) is 1. The van der Waals surface area contributed by atoms with Gasteiger partial charge in [0.1, 0.15) is 5.82 Å². The maximum absolute atomic E-state index is 13.3. The molecule has 1 amide bonds. The number of ether oxygens (including phenoxy) is 1. The lowest BCUT2D eigenvalue weighted by Gasteiger charge is -2.27. The van der Waals surface area contributed by atoms with Gasteiger partial charge in [-0.25, -0.2) is 17.1 Å². The topological polar surface area (TPSA) is 92.8 Å². The third-order valence-electron chi connectivity index (χ3n) is 5.48. The van der Waals surface area contributed by atoms with Crippen molar-refractivity contribution in [2.75, 3.05) is 26.0 Å². The zero-order valence-electron chi connectivity index (χ0n) is 17.4. The van der Waals surface area contributed by atoms with E-state index in [0.717, 1.165) is 17.1 Å². The van der Waals surface area contributed by atoms with Crippen LogP contribution in [0, 0.1) is 5.82 Å². The van der Waals surface area contributed by atoms with Crippen molar-refractivity contribution in [1.29, 1.82) is 0 Å². The van der Waals surface area contributed by atoms with Crippen LogP contribution in [-0.4, -0.2) is 45.3 Å². The number of sulfonamides is 1. The highest BCUT2D eigenvalue weighted by atomic mass is 32.2. The van der Waals surface area contributed by atoms with Crippen molar-refractivity contribution in [3.8, 4) is 0 Å². The van der Waals surface area contributed by atoms with Gasteiger partial charge in [-0.3, -0.25) is 9.59 Å². The highest BCUT2D eigenvalue weighted by molar-refractivity contribution is 7.89. The van der Waals surface area contributed by atoms with E-state index in [1.165, 1.54) is 44.4 Å². The SMILES string of the molecule is CN(C)S(=O)(=O)c1cccc(NC(=O)COC(=O)C2(c3ccc(F)cc3)CCCC2)c1. The minimum absolute atomic E-state index is 0.0357. The molecule has 166 valence electrons. The normalized spacial score (nSPS) is 15.6. The smallest absolute Gasteiger partial charge is 0.317 e. The predicted molar refractivity (Wildman–Crippen MR) is 113 cm³/mol. The molecule has 0 unspecified atom stereocenters. The summed E-state index contributed by atoms with van der Waals surface area (Å²) in [5.74, 6) is -1.49. The van der Waals surface area contributed by atoms with Crippen LogP contribution < -0.4 is 5.32 Å². The Balaban J connectivity index is 1.66. The lowest BCUT2D eigenvalue weighted by atomic mass is 9.79. The van der Waals surface area contributed by atoms with Crippen molar-refractivity contribution in [3.05, 3.63) is 59.9 Å². The molecule has 0 atom stereocenters. The van der Waals surface area contributed by atoms with Crippen LogP contribution in [0.2, 0.25) is 0 Å². The molecule has 0 heterocycles. The molecule has 31 heavy (non-hydrogen) atoms. The number of nitrogens with one attached hydrogen (secondary N) is 1. The van der Waals surface area contributed by atoms with Gasteiger partial charge in [0.2, 0.25) is 10.0 Å². The standard InChI is InChI=1S/C22H25FN2O5S/c1-25(2)31(28,29)19-7-5-6-18(14-19)24-20(26)15-30-21(27)22(12-3-4-13-22)16-8-10-17(23)11-9-16/h5-11,14H,3-4,12-13,15H2,1-2H3,(H,24,26). The first-order valence-electron chi connectivity index (χ1n) is 9.91. The number of nitrogens with zero attached hydrogens (tertiary/aromatic N) is 1. The van der Waals surface area contributed by atoms with E-state index in [-0.39, 0.29) is 16.4 Å². The number of benzene rings is 2. The van der Waals surface area contributed by atoms with Crippen LogP contribution >= 0.6 is 0 Å². The van der Waals surface area contributed by atoms with Crippen LogP contribution in [0.3, 0.4) is 0 Å². The fourth-order valence-electron chi connectivity index (χ4n) is 3.77. The second-order valence-corrected chi connectivity index (χ2v) is 9.89. The Labute approximate surface area is 181 Å². The molecule has 1 saturated carbocycles. The lowest BCUT2D eigenvalue weighted by Crippen LogP contribution is -2.36. The fourth-order valence-corrected chi connectivity index (χ4v) is 4.72. The molecule has 1 aliphatic carbocycles. The van der Waals surface area contributed by atoms with Gasteiger partial charge in [-0.15, -0.1) is 0 Å². The Hall–Kier alpha value is -2.78. The van der Waals surface area contributed by atoms with Crippen LogP contribution in [0.25, 0.3) is 0 Å². The van der Waals surface area contributed by atoms with Crippen molar-refractivity contribution in [2.45, 2.75) is 36.0 Å². The highest BCUT2D eigenvalue weighted by Gasteiger charge is 2.44. The summed E-state index contributed by atoms with van der Waals surface area (Å²) >= 11 is 0. The summed E-state index contributed by atoms with van der Waals surface area (Å²) < 4.78 is 44.2. The minimum Gasteiger partial charge on any atom is -0.455 e. The fraction of sp³-hybridized carbons (Fsp3) is 0.364. The summed E-state index contributed by atoms with van der Waals surface area (Å²) in [5.41, 5.74) is 0.0738. The molecule has 1 fully saturated rings. The Morgan fingerprint density at radius 3 is 2.35 bits per heavy atom. The molecule has 7 nitrogen and oxygen atoms in total. The van der Waals surface area contributed by atoms with Crippen molar-refractivity contribution in [3.63, 3.8) is 0 Å². The molecule has 0 aromatic heterocycles. The van der Waals surface area contributed by atoms with E-state index in [1.807, 2.05) is 0 Å². The van der Waals surface area contributed by atoms with Crippen LogP contribution in [0.15, 0.2) is 53.4 Å². The van der Waals surface area contributed by atoms with Gasteiger partial charge in [-0.05, 0) is 48.7 Å². The minimum atomic E-state index is -3.64. The number of rotatable bonds is 7. The maximum atomic E-state index is 13.3. The van der Waals surface area contributed by atoms with E-state index >= 15 is 0 Å². The van der Waals surface area contributed by atoms with E-state index in [2.05, 4.69) is 5.32 Å². The molecular formula is C22H25FN2O5S. The number of esters is 1. The first-order chi connectivity index (χ1) is 14.6. The molecule has 2 aromatic carbocycles. The zero-order chi connectivity index (χ0) is 22.6. The molecule has 0 saturated heterocycles. The van der Waals surface area contributed by atoms with E-state index in [1.54, 1.807) is 18.2 Å². The van der Waals surface area contributed by atoms with Gasteiger partial charge >= 0.3 is 5.97 Å². The van der Waals surface area contributed by atoms with E-state index in [0.29, 0.717) is 18.4 Å². The molecule has 3 rings (SSSR count). The summed E-state index contributed by atoms with van der Waals surface area (Å²) in [6.45, 7) is -0.508. The van der Waals surface area contributed by atoms with Gasteiger partial charge in [0.25, 0.3) is 5.91 Å². The van der Waals surface area contributed by atoms with Crippen molar-refractivity contribution in [1.82, 2.24) is 4.31 Å². The highest BCUT2D eigenvalue weighted by Crippen LogP contribution is 2.42. The molecule has 1 N–H and O–H groups in total.